The summed E-state index contributed by atoms with van der Waals surface area (Å²) < 4.78 is 1.88. The fourth-order valence-electron chi connectivity index (χ4n) is 2.81. The molecule has 0 spiro atoms. The maximum atomic E-state index is 4.76. The topological polar surface area (TPSA) is 45.8 Å². The van der Waals surface area contributed by atoms with E-state index in [0.29, 0.717) is 0 Å². The minimum Gasteiger partial charge on any atom is -0.378 e. The molecule has 0 aliphatic carbocycles. The average molecular weight is 400 g/mol. The summed E-state index contributed by atoms with van der Waals surface area (Å²) in [5.41, 5.74) is 5.08. The van der Waals surface area contributed by atoms with Gasteiger partial charge in [-0.2, -0.15) is 5.10 Å². The maximum absolute atomic E-state index is 4.76. The standard InChI is InChI=1S/C23H21N5S/c1-27(2)21-12-10-18(11-13-21)15-25-28-22(19-7-4-3-5-8-19)17-29-23(28)26-20-9-6-14-24-16-20/h3-17H,1-2H3. The number of hydrogen-bond acceptors (Lipinski definition) is 5. The summed E-state index contributed by atoms with van der Waals surface area (Å²) in [6.07, 6.45) is 5.35. The van der Waals surface area contributed by atoms with Crippen LogP contribution in [0, 0.1) is 0 Å². The molecular formula is C23H21N5S. The minimum absolute atomic E-state index is 0.790. The van der Waals surface area contributed by atoms with Crippen molar-refractivity contribution in [2.75, 3.05) is 19.0 Å². The SMILES string of the molecule is CN(C)c1ccc(C=Nn2c(-c3ccccc3)csc2=Nc2cccnc2)cc1. The lowest BCUT2D eigenvalue weighted by Crippen LogP contribution is -2.11. The number of thiazole rings is 1. The first-order chi connectivity index (χ1) is 14.2. The molecule has 0 saturated carbocycles. The average Bonchev–Trinajstić information content (AvgIpc) is 3.16. The van der Waals surface area contributed by atoms with E-state index in [1.54, 1.807) is 23.7 Å². The zero-order chi connectivity index (χ0) is 20.1. The van der Waals surface area contributed by atoms with Gasteiger partial charge in [0.1, 0.15) is 0 Å². The van der Waals surface area contributed by atoms with Gasteiger partial charge >= 0.3 is 0 Å². The lowest BCUT2D eigenvalue weighted by molar-refractivity contribution is 0.854. The second-order valence-corrected chi connectivity index (χ2v) is 7.47. The van der Waals surface area contributed by atoms with Gasteiger partial charge in [-0.1, -0.05) is 42.5 Å². The largest absolute Gasteiger partial charge is 0.378 e. The predicted molar refractivity (Wildman–Crippen MR) is 121 cm³/mol. The van der Waals surface area contributed by atoms with E-state index in [1.165, 1.54) is 0 Å². The van der Waals surface area contributed by atoms with Gasteiger partial charge in [-0.05, 0) is 29.8 Å². The van der Waals surface area contributed by atoms with Gasteiger partial charge < -0.3 is 4.90 Å². The first kappa shape index (κ1) is 18.8. The Morgan fingerprint density at radius 2 is 1.76 bits per heavy atom. The number of benzene rings is 2. The number of hydrogen-bond donors (Lipinski definition) is 0. The Morgan fingerprint density at radius 1 is 0.966 bits per heavy atom. The molecule has 0 aliphatic heterocycles. The zero-order valence-electron chi connectivity index (χ0n) is 16.3. The van der Waals surface area contributed by atoms with Crippen LogP contribution in [0.3, 0.4) is 0 Å². The van der Waals surface area contributed by atoms with Crippen molar-refractivity contribution in [2.24, 2.45) is 10.1 Å². The van der Waals surface area contributed by atoms with Gasteiger partial charge in [0, 0.05) is 36.9 Å². The Morgan fingerprint density at radius 3 is 2.45 bits per heavy atom. The smallest absolute Gasteiger partial charge is 0.211 e. The Kier molecular flexibility index (Phi) is 5.63. The molecule has 2 heterocycles. The van der Waals surface area contributed by atoms with Crippen molar-refractivity contribution in [3.63, 3.8) is 0 Å². The highest BCUT2D eigenvalue weighted by Crippen LogP contribution is 2.20. The first-order valence-electron chi connectivity index (χ1n) is 9.23. The molecule has 2 aromatic heterocycles. The number of rotatable bonds is 5. The molecule has 0 amide bonds. The Balaban J connectivity index is 1.77. The van der Waals surface area contributed by atoms with E-state index in [9.17, 15) is 0 Å². The fourth-order valence-corrected chi connectivity index (χ4v) is 3.67. The van der Waals surface area contributed by atoms with Crippen LogP contribution in [-0.4, -0.2) is 30.0 Å². The quantitative estimate of drug-likeness (QED) is 0.453. The van der Waals surface area contributed by atoms with Crippen LogP contribution >= 0.6 is 11.3 Å². The summed E-state index contributed by atoms with van der Waals surface area (Å²) in [6.45, 7) is 0. The van der Waals surface area contributed by atoms with Crippen LogP contribution in [0.1, 0.15) is 5.56 Å². The molecule has 0 aliphatic rings. The van der Waals surface area contributed by atoms with Crippen molar-refractivity contribution < 1.29 is 0 Å². The Labute approximate surface area is 174 Å². The summed E-state index contributed by atoms with van der Waals surface area (Å²) >= 11 is 1.56. The second kappa shape index (κ2) is 8.67. The minimum atomic E-state index is 0.790. The van der Waals surface area contributed by atoms with Gasteiger partial charge in [-0.3, -0.25) is 4.98 Å². The predicted octanol–water partition coefficient (Wildman–Crippen LogP) is 4.79. The van der Waals surface area contributed by atoms with Crippen molar-refractivity contribution in [1.29, 1.82) is 0 Å². The molecule has 0 saturated heterocycles. The van der Waals surface area contributed by atoms with Gasteiger partial charge in [0.2, 0.25) is 4.80 Å². The maximum Gasteiger partial charge on any atom is 0.211 e. The summed E-state index contributed by atoms with van der Waals surface area (Å²) in [5, 5.41) is 6.84. The van der Waals surface area contributed by atoms with E-state index in [1.807, 2.05) is 55.3 Å². The van der Waals surface area contributed by atoms with Crippen molar-refractivity contribution in [3.05, 3.63) is 94.9 Å². The fraction of sp³-hybridized carbons (Fsp3) is 0.0870. The van der Waals surface area contributed by atoms with Crippen molar-refractivity contribution in [2.45, 2.75) is 0 Å². The monoisotopic (exact) mass is 399 g/mol. The lowest BCUT2D eigenvalue weighted by Gasteiger charge is -2.11. The number of aromatic nitrogens is 2. The van der Waals surface area contributed by atoms with Gasteiger partial charge in [0.25, 0.3) is 0 Å². The highest BCUT2D eigenvalue weighted by Gasteiger charge is 2.07. The third-order valence-corrected chi connectivity index (χ3v) is 5.17. The number of anilines is 1. The molecule has 144 valence electrons. The number of pyridine rings is 1. The zero-order valence-corrected chi connectivity index (χ0v) is 17.1. The highest BCUT2D eigenvalue weighted by molar-refractivity contribution is 7.07. The molecule has 4 aromatic rings. The Bertz CT molecular complexity index is 1160. The molecular weight excluding hydrogens is 378 g/mol. The van der Waals surface area contributed by atoms with Crippen LogP contribution in [0.2, 0.25) is 0 Å². The van der Waals surface area contributed by atoms with Crippen molar-refractivity contribution in [1.82, 2.24) is 9.66 Å². The summed E-state index contributed by atoms with van der Waals surface area (Å²) in [5.74, 6) is 0. The van der Waals surface area contributed by atoms with Gasteiger partial charge in [0.05, 0.1) is 23.8 Å². The van der Waals surface area contributed by atoms with Crippen molar-refractivity contribution >= 4 is 28.9 Å². The van der Waals surface area contributed by atoms with Crippen molar-refractivity contribution in [3.8, 4) is 11.3 Å². The van der Waals surface area contributed by atoms with E-state index >= 15 is 0 Å². The summed E-state index contributed by atoms with van der Waals surface area (Å²) in [4.78, 5) is 11.8. The van der Waals surface area contributed by atoms with E-state index in [4.69, 9.17) is 10.1 Å². The van der Waals surface area contributed by atoms with E-state index in [0.717, 1.165) is 33.0 Å². The number of nitrogens with zero attached hydrogens (tertiary/aromatic N) is 5. The van der Waals surface area contributed by atoms with Crippen LogP contribution in [0.5, 0.6) is 0 Å². The van der Waals surface area contributed by atoms with E-state index < -0.39 is 0 Å². The lowest BCUT2D eigenvalue weighted by atomic mass is 10.2. The molecule has 5 nitrogen and oxygen atoms in total. The van der Waals surface area contributed by atoms with Crippen LogP contribution in [0.4, 0.5) is 11.4 Å². The first-order valence-corrected chi connectivity index (χ1v) is 10.1. The molecule has 0 N–H and O–H groups in total. The summed E-state index contributed by atoms with van der Waals surface area (Å²) in [6, 6.07) is 22.3. The molecule has 0 radical (unpaired) electrons. The van der Waals surface area contributed by atoms with Gasteiger partial charge in [-0.15, -0.1) is 11.3 Å². The second-order valence-electron chi connectivity index (χ2n) is 6.63. The van der Waals surface area contributed by atoms with E-state index in [2.05, 4.69) is 51.7 Å². The molecule has 0 bridgehead atoms. The van der Waals surface area contributed by atoms with Gasteiger partial charge in [0.15, 0.2) is 0 Å². The molecule has 29 heavy (non-hydrogen) atoms. The van der Waals surface area contributed by atoms with Crippen LogP contribution in [0.25, 0.3) is 11.3 Å². The molecule has 4 rings (SSSR count). The van der Waals surface area contributed by atoms with Crippen LogP contribution < -0.4 is 9.70 Å². The third kappa shape index (κ3) is 4.50. The normalized spacial score (nSPS) is 11.9. The van der Waals surface area contributed by atoms with Gasteiger partial charge in [-0.25, -0.2) is 9.67 Å². The molecule has 2 aromatic carbocycles. The van der Waals surface area contributed by atoms with E-state index in [-0.39, 0.29) is 0 Å². The molecule has 6 heteroatoms. The van der Waals surface area contributed by atoms with Crippen LogP contribution in [-0.2, 0) is 0 Å². The molecule has 0 fully saturated rings. The molecule has 0 atom stereocenters. The molecule has 0 unspecified atom stereocenters. The third-order valence-electron chi connectivity index (χ3n) is 4.36. The highest BCUT2D eigenvalue weighted by atomic mass is 32.1. The van der Waals surface area contributed by atoms with Crippen LogP contribution in [0.15, 0.2) is 94.6 Å². The summed E-state index contributed by atoms with van der Waals surface area (Å²) in [7, 11) is 4.06. The Hall–Kier alpha value is -3.51.